The van der Waals surface area contributed by atoms with E-state index in [0.29, 0.717) is 13.0 Å². The Kier molecular flexibility index (Phi) is 4.76. The Balaban J connectivity index is 1.75. The molecule has 2 saturated heterocycles. The first-order valence-corrected chi connectivity index (χ1v) is 8.28. The molecule has 0 N–H and O–H groups in total. The first-order valence-electron chi connectivity index (χ1n) is 8.28. The molecule has 23 heavy (non-hydrogen) atoms. The van der Waals surface area contributed by atoms with E-state index in [1.54, 1.807) is 14.2 Å². The van der Waals surface area contributed by atoms with Crippen molar-refractivity contribution in [1.29, 1.82) is 0 Å². The largest absolute Gasteiger partial charge is 0.497 e. The summed E-state index contributed by atoms with van der Waals surface area (Å²) in [5.74, 6) is 1.76. The van der Waals surface area contributed by atoms with Crippen LogP contribution in [0.5, 0.6) is 11.5 Å². The first kappa shape index (κ1) is 16.1. The van der Waals surface area contributed by atoms with Gasteiger partial charge in [0.25, 0.3) is 0 Å². The summed E-state index contributed by atoms with van der Waals surface area (Å²) in [6, 6.07) is 5.70. The zero-order valence-corrected chi connectivity index (χ0v) is 14.0. The van der Waals surface area contributed by atoms with Gasteiger partial charge in [-0.1, -0.05) is 0 Å². The lowest BCUT2D eigenvalue weighted by Gasteiger charge is -2.27. The van der Waals surface area contributed by atoms with Crippen LogP contribution in [0.25, 0.3) is 0 Å². The van der Waals surface area contributed by atoms with E-state index in [0.717, 1.165) is 55.9 Å². The van der Waals surface area contributed by atoms with Gasteiger partial charge < -0.3 is 19.1 Å². The molecule has 3 rings (SSSR count). The number of hydrogen-bond donors (Lipinski definition) is 0. The lowest BCUT2D eigenvalue weighted by molar-refractivity contribution is -0.131. The van der Waals surface area contributed by atoms with Crippen molar-refractivity contribution in [3.05, 3.63) is 23.8 Å². The molecular formula is C18H25NO4. The number of likely N-dealkylation sites (tertiary alicyclic amines) is 1. The van der Waals surface area contributed by atoms with Gasteiger partial charge in [-0.2, -0.15) is 0 Å². The summed E-state index contributed by atoms with van der Waals surface area (Å²) in [6.07, 6.45) is 4.52. The smallest absolute Gasteiger partial charge is 0.222 e. The number of methoxy groups -OCH3 is 2. The average molecular weight is 319 g/mol. The van der Waals surface area contributed by atoms with E-state index in [2.05, 4.69) is 0 Å². The zero-order valence-electron chi connectivity index (χ0n) is 14.0. The molecule has 1 unspecified atom stereocenters. The second-order valence-corrected chi connectivity index (χ2v) is 6.38. The highest BCUT2D eigenvalue weighted by molar-refractivity contribution is 5.76. The van der Waals surface area contributed by atoms with Crippen molar-refractivity contribution in [2.75, 3.05) is 27.4 Å². The first-order chi connectivity index (χ1) is 11.2. The molecule has 0 radical (unpaired) electrons. The second kappa shape index (κ2) is 6.79. The van der Waals surface area contributed by atoms with Crippen LogP contribution in [0.2, 0.25) is 0 Å². The predicted octanol–water partition coefficient (Wildman–Crippen LogP) is 2.77. The number of carbonyl (C=O) groups is 1. The van der Waals surface area contributed by atoms with Gasteiger partial charge in [-0.25, -0.2) is 0 Å². The Morgan fingerprint density at radius 1 is 1.22 bits per heavy atom. The summed E-state index contributed by atoms with van der Waals surface area (Å²) in [4.78, 5) is 14.4. The highest BCUT2D eigenvalue weighted by atomic mass is 16.5. The van der Waals surface area contributed by atoms with E-state index in [1.165, 1.54) is 0 Å². The van der Waals surface area contributed by atoms with Gasteiger partial charge >= 0.3 is 0 Å². The van der Waals surface area contributed by atoms with Gasteiger partial charge in [-0.15, -0.1) is 0 Å². The summed E-state index contributed by atoms with van der Waals surface area (Å²) >= 11 is 0. The molecule has 1 atom stereocenters. The summed E-state index contributed by atoms with van der Waals surface area (Å²) < 4.78 is 16.7. The number of carbonyl (C=O) groups excluding carboxylic acids is 1. The van der Waals surface area contributed by atoms with Crippen LogP contribution in [0.4, 0.5) is 0 Å². The van der Waals surface area contributed by atoms with E-state index in [-0.39, 0.29) is 11.5 Å². The number of rotatable bonds is 4. The van der Waals surface area contributed by atoms with Gasteiger partial charge in [0.1, 0.15) is 11.5 Å². The van der Waals surface area contributed by atoms with Gasteiger partial charge in [0.15, 0.2) is 0 Å². The van der Waals surface area contributed by atoms with Crippen LogP contribution >= 0.6 is 0 Å². The van der Waals surface area contributed by atoms with E-state index in [9.17, 15) is 4.79 Å². The molecule has 1 amide bonds. The lowest BCUT2D eigenvalue weighted by atomic mass is 9.92. The van der Waals surface area contributed by atoms with E-state index >= 15 is 0 Å². The Hall–Kier alpha value is -1.75. The topological polar surface area (TPSA) is 48.0 Å². The molecule has 2 aliphatic heterocycles. The minimum Gasteiger partial charge on any atom is -0.497 e. The third kappa shape index (κ3) is 3.44. The minimum atomic E-state index is -0.0666. The number of amides is 1. The summed E-state index contributed by atoms with van der Waals surface area (Å²) in [5, 5.41) is 0. The molecule has 2 heterocycles. The van der Waals surface area contributed by atoms with E-state index < -0.39 is 0 Å². The number of hydrogen-bond acceptors (Lipinski definition) is 4. The zero-order chi connectivity index (χ0) is 16.3. The van der Waals surface area contributed by atoms with Crippen LogP contribution in [-0.2, 0) is 16.1 Å². The van der Waals surface area contributed by atoms with Gasteiger partial charge in [0.05, 0.1) is 19.8 Å². The van der Waals surface area contributed by atoms with Gasteiger partial charge in [-0.3, -0.25) is 4.79 Å². The Labute approximate surface area is 137 Å². The van der Waals surface area contributed by atoms with Crippen molar-refractivity contribution >= 4 is 5.91 Å². The highest BCUT2D eigenvalue weighted by Crippen LogP contribution is 2.36. The molecular weight excluding hydrogens is 294 g/mol. The van der Waals surface area contributed by atoms with Crippen LogP contribution in [0.1, 0.15) is 37.7 Å². The monoisotopic (exact) mass is 319 g/mol. The normalized spacial score (nSPS) is 24.8. The fourth-order valence-electron chi connectivity index (χ4n) is 3.61. The third-order valence-corrected chi connectivity index (χ3v) is 5.02. The molecule has 2 aliphatic rings. The summed E-state index contributed by atoms with van der Waals surface area (Å²) in [6.45, 7) is 2.12. The lowest BCUT2D eigenvalue weighted by Crippen LogP contribution is -2.32. The van der Waals surface area contributed by atoms with Crippen molar-refractivity contribution in [2.24, 2.45) is 0 Å². The molecule has 2 fully saturated rings. The van der Waals surface area contributed by atoms with Crippen molar-refractivity contribution < 1.29 is 19.0 Å². The van der Waals surface area contributed by atoms with Gasteiger partial charge in [0.2, 0.25) is 5.91 Å². The van der Waals surface area contributed by atoms with Crippen molar-refractivity contribution in [3.63, 3.8) is 0 Å². The standard InChI is InChI=1S/C18H25NO4/c1-21-15-4-5-16(22-2)14(12-15)13-19-10-9-18(7-3-11-23-18)8-6-17(19)20/h4-5,12H,3,6-11,13H2,1-2H3. The van der Waals surface area contributed by atoms with Crippen LogP contribution in [-0.4, -0.2) is 43.8 Å². The second-order valence-electron chi connectivity index (χ2n) is 6.38. The Bertz CT molecular complexity index is 566. The Morgan fingerprint density at radius 3 is 2.78 bits per heavy atom. The molecule has 1 aromatic carbocycles. The minimum absolute atomic E-state index is 0.0666. The number of benzene rings is 1. The fourth-order valence-corrected chi connectivity index (χ4v) is 3.61. The maximum atomic E-state index is 12.5. The molecule has 0 bridgehead atoms. The predicted molar refractivity (Wildman–Crippen MR) is 86.7 cm³/mol. The quantitative estimate of drug-likeness (QED) is 0.856. The van der Waals surface area contributed by atoms with Crippen molar-refractivity contribution in [2.45, 2.75) is 44.2 Å². The summed E-state index contributed by atoms with van der Waals surface area (Å²) in [7, 11) is 3.29. The SMILES string of the molecule is COc1ccc(OC)c(CN2CCC3(CCCO3)CCC2=O)c1. The van der Waals surface area contributed by atoms with Crippen molar-refractivity contribution in [1.82, 2.24) is 4.90 Å². The van der Waals surface area contributed by atoms with Crippen molar-refractivity contribution in [3.8, 4) is 11.5 Å². The van der Waals surface area contributed by atoms with Crippen LogP contribution in [0.3, 0.4) is 0 Å². The van der Waals surface area contributed by atoms with E-state index in [4.69, 9.17) is 14.2 Å². The number of nitrogens with zero attached hydrogens (tertiary/aromatic N) is 1. The molecule has 126 valence electrons. The maximum Gasteiger partial charge on any atom is 0.222 e. The maximum absolute atomic E-state index is 12.5. The van der Waals surface area contributed by atoms with E-state index in [1.807, 2.05) is 23.1 Å². The molecule has 0 aliphatic carbocycles. The third-order valence-electron chi connectivity index (χ3n) is 5.02. The van der Waals surface area contributed by atoms with Gasteiger partial charge in [-0.05, 0) is 43.9 Å². The molecule has 0 aromatic heterocycles. The van der Waals surface area contributed by atoms with Crippen LogP contribution in [0, 0.1) is 0 Å². The van der Waals surface area contributed by atoms with Crippen LogP contribution < -0.4 is 9.47 Å². The number of ether oxygens (including phenoxy) is 3. The highest BCUT2D eigenvalue weighted by Gasteiger charge is 2.38. The van der Waals surface area contributed by atoms with Crippen LogP contribution in [0.15, 0.2) is 18.2 Å². The molecule has 1 spiro atoms. The average Bonchev–Trinajstić information content (AvgIpc) is 2.99. The summed E-state index contributed by atoms with van der Waals surface area (Å²) in [5.41, 5.74) is 0.909. The van der Waals surface area contributed by atoms with Gasteiger partial charge in [0, 0.05) is 31.7 Å². The molecule has 5 heteroatoms. The fraction of sp³-hybridized carbons (Fsp3) is 0.611. The molecule has 0 saturated carbocycles. The molecule has 5 nitrogen and oxygen atoms in total. The molecule has 1 aromatic rings. The Morgan fingerprint density at radius 2 is 2.09 bits per heavy atom.